The third-order valence-electron chi connectivity index (χ3n) is 2.52. The maximum Gasteiger partial charge on any atom is 0.233 e. The molecule has 0 atom stereocenters. The second-order valence-electron chi connectivity index (χ2n) is 4.34. The topological polar surface area (TPSA) is 55.1 Å². The molecule has 1 rings (SSSR count). The smallest absolute Gasteiger partial charge is 0.233 e. The molecule has 16 heavy (non-hydrogen) atoms. The summed E-state index contributed by atoms with van der Waals surface area (Å²) < 4.78 is 0. The Kier molecular flexibility index (Phi) is 4.33. The summed E-state index contributed by atoms with van der Waals surface area (Å²) >= 11 is 6.12. The average Bonchev–Trinajstić information content (AvgIpc) is 2.26. The number of carbonyl (C=O) groups is 1. The molecule has 0 radical (unpaired) electrons. The Bertz CT molecular complexity index is 377. The molecule has 0 aliphatic carbocycles. The average molecular weight is 241 g/mol. The molecular formula is C12H17ClN2O. The van der Waals surface area contributed by atoms with Gasteiger partial charge in [0.25, 0.3) is 0 Å². The van der Waals surface area contributed by atoms with Gasteiger partial charge in [-0.05, 0) is 11.6 Å². The van der Waals surface area contributed by atoms with Crippen LogP contribution in [0.25, 0.3) is 0 Å². The molecule has 3 nitrogen and oxygen atoms in total. The molecule has 0 fully saturated rings. The van der Waals surface area contributed by atoms with Crippen LogP contribution in [-0.2, 0) is 10.2 Å². The van der Waals surface area contributed by atoms with Crippen LogP contribution in [0.3, 0.4) is 0 Å². The van der Waals surface area contributed by atoms with Crippen molar-refractivity contribution in [3.63, 3.8) is 0 Å². The molecule has 0 unspecified atom stereocenters. The SMILES string of the molecule is CC(C)(CNC(=O)CN)c1ccccc1Cl. The van der Waals surface area contributed by atoms with Crippen LogP contribution < -0.4 is 11.1 Å². The van der Waals surface area contributed by atoms with E-state index in [0.717, 1.165) is 10.6 Å². The third-order valence-corrected chi connectivity index (χ3v) is 2.85. The number of hydrogen-bond donors (Lipinski definition) is 2. The zero-order valence-electron chi connectivity index (χ0n) is 9.59. The lowest BCUT2D eigenvalue weighted by Crippen LogP contribution is -2.39. The quantitative estimate of drug-likeness (QED) is 0.842. The van der Waals surface area contributed by atoms with E-state index in [1.54, 1.807) is 0 Å². The molecule has 0 aliphatic heterocycles. The van der Waals surface area contributed by atoms with E-state index in [2.05, 4.69) is 5.32 Å². The van der Waals surface area contributed by atoms with Crippen LogP contribution in [0.15, 0.2) is 24.3 Å². The molecule has 0 spiro atoms. The summed E-state index contributed by atoms with van der Waals surface area (Å²) in [6.45, 7) is 4.60. The summed E-state index contributed by atoms with van der Waals surface area (Å²) in [4.78, 5) is 11.1. The van der Waals surface area contributed by atoms with Crippen LogP contribution >= 0.6 is 11.6 Å². The molecule has 0 heterocycles. The van der Waals surface area contributed by atoms with Crippen molar-refractivity contribution in [2.24, 2.45) is 5.73 Å². The summed E-state index contributed by atoms with van der Waals surface area (Å²) in [5.41, 5.74) is 6.05. The van der Waals surface area contributed by atoms with Gasteiger partial charge >= 0.3 is 0 Å². The molecular weight excluding hydrogens is 224 g/mol. The highest BCUT2D eigenvalue weighted by atomic mass is 35.5. The number of nitrogens with two attached hydrogens (primary N) is 1. The summed E-state index contributed by atoms with van der Waals surface area (Å²) in [5, 5.41) is 3.49. The van der Waals surface area contributed by atoms with Crippen molar-refractivity contribution in [3.05, 3.63) is 34.9 Å². The van der Waals surface area contributed by atoms with E-state index in [9.17, 15) is 4.79 Å². The molecule has 0 bridgehead atoms. The van der Waals surface area contributed by atoms with Crippen molar-refractivity contribution in [2.45, 2.75) is 19.3 Å². The third kappa shape index (κ3) is 3.22. The van der Waals surface area contributed by atoms with Gasteiger partial charge in [0.15, 0.2) is 0 Å². The van der Waals surface area contributed by atoms with Gasteiger partial charge in [-0.3, -0.25) is 4.79 Å². The van der Waals surface area contributed by atoms with Crippen LogP contribution in [0.2, 0.25) is 5.02 Å². The van der Waals surface area contributed by atoms with Gasteiger partial charge in [-0.25, -0.2) is 0 Å². The highest BCUT2D eigenvalue weighted by Gasteiger charge is 2.23. The van der Waals surface area contributed by atoms with Gasteiger partial charge in [0, 0.05) is 17.0 Å². The summed E-state index contributed by atoms with van der Waals surface area (Å²) in [6.07, 6.45) is 0. The van der Waals surface area contributed by atoms with Gasteiger partial charge in [0.05, 0.1) is 6.54 Å². The van der Waals surface area contributed by atoms with Crippen LogP contribution in [0.1, 0.15) is 19.4 Å². The molecule has 0 aliphatic rings. The maximum absolute atomic E-state index is 11.1. The predicted molar refractivity (Wildman–Crippen MR) is 66.5 cm³/mol. The lowest BCUT2D eigenvalue weighted by molar-refractivity contribution is -0.119. The van der Waals surface area contributed by atoms with Crippen LogP contribution in [0.5, 0.6) is 0 Å². The largest absolute Gasteiger partial charge is 0.354 e. The zero-order valence-corrected chi connectivity index (χ0v) is 10.3. The minimum atomic E-state index is -0.205. The molecule has 88 valence electrons. The summed E-state index contributed by atoms with van der Waals surface area (Å²) in [6, 6.07) is 7.65. The van der Waals surface area contributed by atoms with Gasteiger partial charge in [-0.15, -0.1) is 0 Å². The van der Waals surface area contributed by atoms with Crippen molar-refractivity contribution in [3.8, 4) is 0 Å². The predicted octanol–water partition coefficient (Wildman–Crippen LogP) is 1.69. The lowest BCUT2D eigenvalue weighted by Gasteiger charge is -2.26. The van der Waals surface area contributed by atoms with E-state index in [-0.39, 0.29) is 17.9 Å². The molecule has 4 heteroatoms. The number of amides is 1. The monoisotopic (exact) mass is 240 g/mol. The van der Waals surface area contributed by atoms with E-state index >= 15 is 0 Å². The first kappa shape index (κ1) is 13.0. The Morgan fingerprint density at radius 2 is 2.06 bits per heavy atom. The number of nitrogens with one attached hydrogen (secondary N) is 1. The minimum absolute atomic E-state index is 0.0125. The van der Waals surface area contributed by atoms with Crippen molar-refractivity contribution >= 4 is 17.5 Å². The van der Waals surface area contributed by atoms with Gasteiger partial charge in [0.1, 0.15) is 0 Å². The Labute approximate surface area is 101 Å². The Hall–Kier alpha value is -1.06. The number of benzene rings is 1. The minimum Gasteiger partial charge on any atom is -0.354 e. The maximum atomic E-state index is 11.1. The zero-order chi connectivity index (χ0) is 12.2. The van der Waals surface area contributed by atoms with Crippen molar-refractivity contribution < 1.29 is 4.79 Å². The molecule has 3 N–H and O–H groups in total. The van der Waals surface area contributed by atoms with E-state index < -0.39 is 0 Å². The lowest BCUT2D eigenvalue weighted by atomic mass is 9.84. The van der Waals surface area contributed by atoms with E-state index in [4.69, 9.17) is 17.3 Å². The van der Waals surface area contributed by atoms with Gasteiger partial charge in [-0.1, -0.05) is 43.6 Å². The number of halogens is 1. The second-order valence-corrected chi connectivity index (χ2v) is 4.75. The molecule has 1 aromatic rings. The van der Waals surface area contributed by atoms with Crippen molar-refractivity contribution in [2.75, 3.05) is 13.1 Å². The molecule has 0 saturated carbocycles. The van der Waals surface area contributed by atoms with E-state index in [1.165, 1.54) is 0 Å². The standard InChI is InChI=1S/C12H17ClN2O/c1-12(2,8-15-11(16)7-14)9-5-3-4-6-10(9)13/h3-6H,7-8,14H2,1-2H3,(H,15,16). The summed E-state index contributed by atoms with van der Waals surface area (Å²) in [7, 11) is 0. The number of carbonyl (C=O) groups excluding carboxylic acids is 1. The highest BCUT2D eigenvalue weighted by Crippen LogP contribution is 2.28. The van der Waals surface area contributed by atoms with E-state index in [0.29, 0.717) is 6.54 Å². The molecule has 1 aromatic carbocycles. The van der Waals surface area contributed by atoms with Crippen LogP contribution in [0, 0.1) is 0 Å². The summed E-state index contributed by atoms with van der Waals surface area (Å²) in [5.74, 6) is -0.153. The fraction of sp³-hybridized carbons (Fsp3) is 0.417. The second kappa shape index (κ2) is 5.32. The fourth-order valence-corrected chi connectivity index (χ4v) is 1.89. The first-order chi connectivity index (χ1) is 7.47. The fourth-order valence-electron chi connectivity index (χ4n) is 1.50. The highest BCUT2D eigenvalue weighted by molar-refractivity contribution is 6.31. The Balaban J connectivity index is 2.77. The van der Waals surface area contributed by atoms with Crippen molar-refractivity contribution in [1.82, 2.24) is 5.32 Å². The Morgan fingerprint density at radius 1 is 1.44 bits per heavy atom. The van der Waals surface area contributed by atoms with Crippen molar-refractivity contribution in [1.29, 1.82) is 0 Å². The first-order valence-corrected chi connectivity index (χ1v) is 5.57. The number of hydrogen-bond acceptors (Lipinski definition) is 2. The molecule has 0 aromatic heterocycles. The first-order valence-electron chi connectivity index (χ1n) is 5.19. The van der Waals surface area contributed by atoms with Crippen LogP contribution in [0.4, 0.5) is 0 Å². The molecule has 0 saturated heterocycles. The van der Waals surface area contributed by atoms with E-state index in [1.807, 2.05) is 38.1 Å². The van der Waals surface area contributed by atoms with Crippen LogP contribution in [-0.4, -0.2) is 19.0 Å². The van der Waals surface area contributed by atoms with Gasteiger partial charge in [-0.2, -0.15) is 0 Å². The van der Waals surface area contributed by atoms with Gasteiger partial charge in [0.2, 0.25) is 5.91 Å². The Morgan fingerprint density at radius 3 is 2.62 bits per heavy atom. The number of rotatable bonds is 4. The molecule has 1 amide bonds. The normalized spacial score (nSPS) is 11.2. The van der Waals surface area contributed by atoms with Gasteiger partial charge < -0.3 is 11.1 Å².